The molecule has 1 aromatic heterocycles. The summed E-state index contributed by atoms with van der Waals surface area (Å²) in [6, 6.07) is 12.1. The number of para-hydroxylation sites is 1. The minimum absolute atomic E-state index is 0.270. The van der Waals surface area contributed by atoms with Crippen LogP contribution in [0.2, 0.25) is 0 Å². The van der Waals surface area contributed by atoms with E-state index < -0.39 is 0 Å². The molecule has 0 aliphatic rings. The number of nitrogens with two attached hydrogens (primary N) is 1. The van der Waals surface area contributed by atoms with Crippen LogP contribution in [0.4, 0.5) is 0 Å². The lowest BCUT2D eigenvalue weighted by Crippen LogP contribution is -2.13. The molecule has 2 N–H and O–H groups in total. The first kappa shape index (κ1) is 11.8. The topological polar surface area (TPSA) is 48.0 Å². The normalized spacial score (nSPS) is 10.4. The molecule has 0 spiro atoms. The summed E-state index contributed by atoms with van der Waals surface area (Å²) in [6.45, 7) is 0. The van der Waals surface area contributed by atoms with Gasteiger partial charge in [0.25, 0.3) is 0 Å². The molecule has 0 atom stereocenters. The number of primary amides is 1. The molecular formula is C13H14N2OS. The first-order valence-corrected chi connectivity index (χ1v) is 6.50. The van der Waals surface area contributed by atoms with Gasteiger partial charge in [0, 0.05) is 23.8 Å². The second kappa shape index (κ2) is 5.59. The Morgan fingerprint density at radius 2 is 1.88 bits per heavy atom. The highest BCUT2D eigenvalue weighted by molar-refractivity contribution is 7.99. The molecule has 1 aromatic carbocycles. The van der Waals surface area contributed by atoms with Gasteiger partial charge in [0.15, 0.2) is 0 Å². The summed E-state index contributed by atoms with van der Waals surface area (Å²) < 4.78 is 2.07. The molecule has 0 unspecified atom stereocenters. The van der Waals surface area contributed by atoms with Crippen molar-refractivity contribution in [3.05, 3.63) is 54.4 Å². The number of thioether (sulfide) groups is 1. The van der Waals surface area contributed by atoms with Crippen LogP contribution in [0.25, 0.3) is 5.69 Å². The second-order valence-electron chi connectivity index (χ2n) is 3.68. The molecular weight excluding hydrogens is 232 g/mol. The van der Waals surface area contributed by atoms with Crippen LogP contribution in [0.1, 0.15) is 5.56 Å². The predicted octanol–water partition coefficient (Wildman–Crippen LogP) is 2.20. The Labute approximate surface area is 105 Å². The predicted molar refractivity (Wildman–Crippen MR) is 71.1 cm³/mol. The van der Waals surface area contributed by atoms with Crippen LogP contribution in [-0.4, -0.2) is 16.2 Å². The van der Waals surface area contributed by atoms with Crippen LogP contribution in [0, 0.1) is 0 Å². The van der Waals surface area contributed by atoms with Gasteiger partial charge >= 0.3 is 0 Å². The second-order valence-corrected chi connectivity index (χ2v) is 4.66. The fraction of sp³-hybridized carbons (Fsp3) is 0.154. The summed E-state index contributed by atoms with van der Waals surface area (Å²) in [7, 11) is 0. The van der Waals surface area contributed by atoms with Crippen LogP contribution >= 0.6 is 11.8 Å². The molecule has 3 nitrogen and oxygen atoms in total. The third-order valence-electron chi connectivity index (χ3n) is 2.38. The van der Waals surface area contributed by atoms with Crippen LogP contribution in [0.5, 0.6) is 0 Å². The third kappa shape index (κ3) is 3.14. The first-order chi connectivity index (χ1) is 8.27. The molecule has 4 heteroatoms. The molecule has 0 aliphatic heterocycles. The van der Waals surface area contributed by atoms with Crippen molar-refractivity contribution in [3.8, 4) is 5.69 Å². The number of carbonyl (C=O) groups excluding carboxylic acids is 1. The molecule has 88 valence electrons. The Hall–Kier alpha value is -1.68. The average Bonchev–Trinajstić information content (AvgIpc) is 2.82. The fourth-order valence-electron chi connectivity index (χ4n) is 1.64. The van der Waals surface area contributed by atoms with Gasteiger partial charge in [-0.15, -0.1) is 11.8 Å². The van der Waals surface area contributed by atoms with Gasteiger partial charge in [-0.25, -0.2) is 0 Å². The maximum absolute atomic E-state index is 10.7. The maximum Gasteiger partial charge on any atom is 0.227 e. The lowest BCUT2D eigenvalue weighted by molar-refractivity contribution is -0.115. The zero-order valence-electron chi connectivity index (χ0n) is 9.37. The number of benzene rings is 1. The van der Waals surface area contributed by atoms with E-state index in [1.165, 1.54) is 17.3 Å². The number of rotatable bonds is 5. The van der Waals surface area contributed by atoms with Crippen molar-refractivity contribution >= 4 is 17.7 Å². The number of hydrogen-bond donors (Lipinski definition) is 1. The van der Waals surface area contributed by atoms with Crippen molar-refractivity contribution in [2.45, 2.75) is 5.75 Å². The SMILES string of the molecule is NC(=O)CSCc1ccccc1-n1cccc1. The molecule has 1 amide bonds. The highest BCUT2D eigenvalue weighted by Gasteiger charge is 2.04. The van der Waals surface area contributed by atoms with E-state index in [9.17, 15) is 4.79 Å². The van der Waals surface area contributed by atoms with Gasteiger partial charge in [0.1, 0.15) is 0 Å². The standard InChI is InChI=1S/C13H14N2OS/c14-13(16)10-17-9-11-5-1-2-6-12(11)15-7-3-4-8-15/h1-8H,9-10H2,(H2,14,16). The van der Waals surface area contributed by atoms with Gasteiger partial charge in [-0.1, -0.05) is 18.2 Å². The lowest BCUT2D eigenvalue weighted by atomic mass is 10.2. The Bertz CT molecular complexity index is 494. The van der Waals surface area contributed by atoms with E-state index in [2.05, 4.69) is 16.7 Å². The fourth-order valence-corrected chi connectivity index (χ4v) is 2.41. The Kier molecular flexibility index (Phi) is 3.88. The zero-order valence-corrected chi connectivity index (χ0v) is 10.2. The molecule has 0 aliphatic carbocycles. The summed E-state index contributed by atoms with van der Waals surface area (Å²) in [5.41, 5.74) is 7.48. The molecule has 0 bridgehead atoms. The summed E-state index contributed by atoms with van der Waals surface area (Å²) >= 11 is 1.54. The number of aromatic nitrogens is 1. The van der Waals surface area contributed by atoms with Crippen molar-refractivity contribution < 1.29 is 4.79 Å². The average molecular weight is 246 g/mol. The van der Waals surface area contributed by atoms with E-state index in [1.807, 2.05) is 36.7 Å². The van der Waals surface area contributed by atoms with E-state index in [0.29, 0.717) is 5.75 Å². The molecule has 2 aromatic rings. The number of amides is 1. The molecule has 17 heavy (non-hydrogen) atoms. The van der Waals surface area contributed by atoms with Gasteiger partial charge in [0.2, 0.25) is 5.91 Å². The quantitative estimate of drug-likeness (QED) is 0.879. The first-order valence-electron chi connectivity index (χ1n) is 5.34. The van der Waals surface area contributed by atoms with Crippen molar-refractivity contribution in [2.75, 3.05) is 5.75 Å². The maximum atomic E-state index is 10.7. The third-order valence-corrected chi connectivity index (χ3v) is 3.38. The summed E-state index contributed by atoms with van der Waals surface area (Å²) in [6.07, 6.45) is 4.02. The summed E-state index contributed by atoms with van der Waals surface area (Å²) in [5, 5.41) is 0. The van der Waals surface area contributed by atoms with Crippen molar-refractivity contribution in [1.29, 1.82) is 0 Å². The zero-order chi connectivity index (χ0) is 12.1. The largest absolute Gasteiger partial charge is 0.369 e. The molecule has 0 fully saturated rings. The van der Waals surface area contributed by atoms with Crippen LogP contribution in [-0.2, 0) is 10.5 Å². The smallest absolute Gasteiger partial charge is 0.227 e. The van der Waals surface area contributed by atoms with E-state index >= 15 is 0 Å². The minimum Gasteiger partial charge on any atom is -0.369 e. The molecule has 0 radical (unpaired) electrons. The highest BCUT2D eigenvalue weighted by atomic mass is 32.2. The number of nitrogens with zero attached hydrogens (tertiary/aromatic N) is 1. The van der Waals surface area contributed by atoms with Gasteiger partial charge in [0.05, 0.1) is 5.75 Å². The van der Waals surface area contributed by atoms with Gasteiger partial charge in [-0.3, -0.25) is 4.79 Å². The number of hydrogen-bond acceptors (Lipinski definition) is 2. The summed E-state index contributed by atoms with van der Waals surface area (Å²) in [4.78, 5) is 10.7. The van der Waals surface area contributed by atoms with Crippen molar-refractivity contribution in [2.24, 2.45) is 5.73 Å². The van der Waals surface area contributed by atoms with E-state index in [0.717, 1.165) is 11.4 Å². The molecule has 0 saturated carbocycles. The van der Waals surface area contributed by atoms with Gasteiger partial charge < -0.3 is 10.3 Å². The van der Waals surface area contributed by atoms with Crippen molar-refractivity contribution in [1.82, 2.24) is 4.57 Å². The Morgan fingerprint density at radius 3 is 2.59 bits per heavy atom. The van der Waals surface area contributed by atoms with Crippen LogP contribution in [0.3, 0.4) is 0 Å². The Morgan fingerprint density at radius 1 is 1.18 bits per heavy atom. The Balaban J connectivity index is 2.14. The molecule has 1 heterocycles. The van der Waals surface area contributed by atoms with E-state index in [4.69, 9.17) is 5.73 Å². The van der Waals surface area contributed by atoms with Crippen LogP contribution < -0.4 is 5.73 Å². The molecule has 0 saturated heterocycles. The number of carbonyl (C=O) groups is 1. The van der Waals surface area contributed by atoms with Gasteiger partial charge in [-0.2, -0.15) is 0 Å². The monoisotopic (exact) mass is 246 g/mol. The van der Waals surface area contributed by atoms with Crippen molar-refractivity contribution in [3.63, 3.8) is 0 Å². The van der Waals surface area contributed by atoms with E-state index in [-0.39, 0.29) is 5.91 Å². The minimum atomic E-state index is -0.270. The highest BCUT2D eigenvalue weighted by Crippen LogP contribution is 2.20. The summed E-state index contributed by atoms with van der Waals surface area (Å²) in [5.74, 6) is 0.880. The van der Waals surface area contributed by atoms with E-state index in [1.54, 1.807) is 0 Å². The lowest BCUT2D eigenvalue weighted by Gasteiger charge is -2.09. The van der Waals surface area contributed by atoms with Gasteiger partial charge in [-0.05, 0) is 23.8 Å². The molecule has 2 rings (SSSR count). The van der Waals surface area contributed by atoms with Crippen LogP contribution in [0.15, 0.2) is 48.8 Å².